The number of ether oxygens (including phenoxy) is 1. The number of phenolic OH excluding ortho intramolecular Hbond substituents is 1. The second-order valence-electron chi connectivity index (χ2n) is 7.26. The van der Waals surface area contributed by atoms with E-state index in [-0.39, 0.29) is 11.7 Å². The lowest BCUT2D eigenvalue weighted by Gasteiger charge is -2.17. The minimum atomic E-state index is -0.157. The molecule has 6 nitrogen and oxygen atoms in total. The highest BCUT2D eigenvalue weighted by Gasteiger charge is 2.40. The number of methoxy groups -OCH3 is 1. The van der Waals surface area contributed by atoms with Gasteiger partial charge in [0.25, 0.3) is 5.91 Å². The quantitative estimate of drug-likeness (QED) is 0.391. The minimum absolute atomic E-state index is 0.138. The summed E-state index contributed by atoms with van der Waals surface area (Å²) in [5.74, 6) is 0.746. The van der Waals surface area contributed by atoms with Crippen LogP contribution >= 0.6 is 39.5 Å². The fourth-order valence-corrected chi connectivity index (χ4v) is 6.08. The molecule has 166 valence electrons. The summed E-state index contributed by atoms with van der Waals surface area (Å²) in [6.07, 6.45) is 0. The molecule has 0 spiro atoms. The van der Waals surface area contributed by atoms with Crippen molar-refractivity contribution in [1.82, 2.24) is 0 Å². The number of amidine groups is 1. The highest BCUT2D eigenvalue weighted by Crippen LogP contribution is 2.51. The molecular weight excluding hydrogens is 522 g/mol. The monoisotopic (exact) mass is 539 g/mol. The van der Waals surface area contributed by atoms with Gasteiger partial charge in [-0.05, 0) is 72.4 Å². The molecule has 3 aromatic carbocycles. The number of halogens is 1. The lowest BCUT2D eigenvalue weighted by molar-refractivity contribution is -0.113. The molecule has 2 heterocycles. The van der Waals surface area contributed by atoms with E-state index < -0.39 is 0 Å². The molecule has 2 aliphatic heterocycles. The maximum Gasteiger partial charge on any atom is 0.274 e. The zero-order valence-corrected chi connectivity index (χ0v) is 20.9. The van der Waals surface area contributed by atoms with E-state index in [9.17, 15) is 9.90 Å². The van der Waals surface area contributed by atoms with E-state index in [0.29, 0.717) is 15.8 Å². The number of aliphatic imine (C=N–C) groups is 1. The Bertz CT molecular complexity index is 1310. The van der Waals surface area contributed by atoms with E-state index in [1.807, 2.05) is 54.4 Å². The fourth-order valence-electron chi connectivity index (χ4n) is 3.49. The summed E-state index contributed by atoms with van der Waals surface area (Å²) in [6, 6.07) is 20.0. The average molecular weight is 540 g/mol. The smallest absolute Gasteiger partial charge is 0.274 e. The molecule has 0 unspecified atom stereocenters. The van der Waals surface area contributed by atoms with Gasteiger partial charge < -0.3 is 14.7 Å². The molecule has 33 heavy (non-hydrogen) atoms. The first-order chi connectivity index (χ1) is 15.9. The van der Waals surface area contributed by atoms with Crippen molar-refractivity contribution in [2.24, 2.45) is 4.99 Å². The van der Waals surface area contributed by atoms with Gasteiger partial charge in [0.15, 0.2) is 5.17 Å². The van der Waals surface area contributed by atoms with Gasteiger partial charge in [0, 0.05) is 22.5 Å². The predicted molar refractivity (Wildman–Crippen MR) is 139 cm³/mol. The molecule has 0 saturated carbocycles. The Balaban J connectivity index is 1.59. The molecule has 0 radical (unpaired) electrons. The number of carbonyl (C=O) groups is 1. The van der Waals surface area contributed by atoms with Crippen molar-refractivity contribution in [2.45, 2.75) is 4.90 Å². The summed E-state index contributed by atoms with van der Waals surface area (Å²) in [4.78, 5) is 23.7. The topological polar surface area (TPSA) is 65.4 Å². The number of nitrogens with zero attached hydrogens (tertiary/aromatic N) is 3. The zero-order valence-electron chi connectivity index (χ0n) is 17.7. The van der Waals surface area contributed by atoms with Gasteiger partial charge >= 0.3 is 0 Å². The van der Waals surface area contributed by atoms with Crippen LogP contribution in [0.3, 0.4) is 0 Å². The lowest BCUT2D eigenvalue weighted by Crippen LogP contribution is -2.29. The first-order valence-corrected chi connectivity index (χ1v) is 12.4. The number of hydrogen-bond donors (Lipinski definition) is 1. The Labute approximate surface area is 208 Å². The summed E-state index contributed by atoms with van der Waals surface area (Å²) in [5, 5.41) is 11.1. The molecule has 2 aliphatic rings. The molecule has 3 aromatic rings. The second-order valence-corrected chi connectivity index (χ2v) is 10.2. The summed E-state index contributed by atoms with van der Waals surface area (Å²) in [7, 11) is 3.59. The van der Waals surface area contributed by atoms with Crippen LogP contribution in [0.2, 0.25) is 0 Å². The Hall–Kier alpha value is -2.88. The standard InChI is InChI=1S/C24H18BrN3O3S2/c1-27-19-13-18(31-2)11-12-20(19)32-23(27)21-22(30)28(16-7-9-17(29)10-8-16)24(33-21)26-15-5-3-14(25)4-6-15/h3-13,29H,1-2H3/b23-21-,26-24?. The Morgan fingerprint density at radius 3 is 2.42 bits per heavy atom. The number of anilines is 2. The van der Waals surface area contributed by atoms with E-state index in [4.69, 9.17) is 9.73 Å². The van der Waals surface area contributed by atoms with E-state index in [1.54, 1.807) is 48.0 Å². The Morgan fingerprint density at radius 1 is 1.00 bits per heavy atom. The Kier molecular flexibility index (Phi) is 5.86. The highest BCUT2D eigenvalue weighted by molar-refractivity contribution is 9.10. The number of fused-ring (bicyclic) bond motifs is 1. The van der Waals surface area contributed by atoms with Gasteiger partial charge in [-0.2, -0.15) is 0 Å². The van der Waals surface area contributed by atoms with Crippen LogP contribution < -0.4 is 14.5 Å². The first kappa shape index (κ1) is 21.9. The number of benzene rings is 3. The molecule has 0 atom stereocenters. The highest BCUT2D eigenvalue weighted by atomic mass is 79.9. The molecule has 1 N–H and O–H groups in total. The fraction of sp³-hybridized carbons (Fsp3) is 0.0833. The van der Waals surface area contributed by atoms with Gasteiger partial charge in [0.2, 0.25) is 0 Å². The summed E-state index contributed by atoms with van der Waals surface area (Å²) < 4.78 is 6.33. The normalized spacial score (nSPS) is 18.9. The molecule has 5 rings (SSSR count). The van der Waals surface area contributed by atoms with E-state index >= 15 is 0 Å². The van der Waals surface area contributed by atoms with Crippen LogP contribution in [-0.2, 0) is 4.79 Å². The van der Waals surface area contributed by atoms with Gasteiger partial charge in [-0.3, -0.25) is 9.69 Å². The molecule has 0 bridgehead atoms. The van der Waals surface area contributed by atoms with Crippen molar-refractivity contribution < 1.29 is 14.6 Å². The maximum atomic E-state index is 13.7. The number of carbonyl (C=O) groups excluding carboxylic acids is 1. The molecule has 0 aliphatic carbocycles. The van der Waals surface area contributed by atoms with Gasteiger partial charge in [-0.25, -0.2) is 4.99 Å². The average Bonchev–Trinajstić information content (AvgIpc) is 3.31. The van der Waals surface area contributed by atoms with Gasteiger partial charge in [-0.15, -0.1) is 0 Å². The lowest BCUT2D eigenvalue weighted by atomic mass is 10.2. The third-order valence-corrected chi connectivity index (χ3v) is 8.10. The number of hydrogen-bond acceptors (Lipinski definition) is 7. The summed E-state index contributed by atoms with van der Waals surface area (Å²) >= 11 is 6.34. The van der Waals surface area contributed by atoms with Crippen molar-refractivity contribution in [3.8, 4) is 11.5 Å². The third kappa shape index (κ3) is 4.12. The zero-order chi connectivity index (χ0) is 23.1. The van der Waals surface area contributed by atoms with Crippen molar-refractivity contribution in [1.29, 1.82) is 0 Å². The van der Waals surface area contributed by atoms with Crippen LogP contribution in [0.5, 0.6) is 11.5 Å². The van der Waals surface area contributed by atoms with E-state index in [1.165, 1.54) is 11.8 Å². The van der Waals surface area contributed by atoms with Crippen LogP contribution in [0.25, 0.3) is 0 Å². The van der Waals surface area contributed by atoms with Crippen LogP contribution in [0.1, 0.15) is 0 Å². The van der Waals surface area contributed by atoms with Crippen LogP contribution in [0, 0.1) is 0 Å². The first-order valence-electron chi connectivity index (χ1n) is 9.94. The minimum Gasteiger partial charge on any atom is -0.508 e. The number of rotatable bonds is 3. The van der Waals surface area contributed by atoms with Crippen molar-refractivity contribution >= 4 is 67.6 Å². The van der Waals surface area contributed by atoms with Gasteiger partial charge in [0.1, 0.15) is 16.4 Å². The van der Waals surface area contributed by atoms with Crippen molar-refractivity contribution in [3.63, 3.8) is 0 Å². The summed E-state index contributed by atoms with van der Waals surface area (Å²) in [5.41, 5.74) is 2.37. The van der Waals surface area contributed by atoms with Crippen molar-refractivity contribution in [3.05, 3.63) is 81.1 Å². The largest absolute Gasteiger partial charge is 0.508 e. The van der Waals surface area contributed by atoms with E-state index in [0.717, 1.165) is 31.5 Å². The van der Waals surface area contributed by atoms with Crippen LogP contribution in [0.15, 0.2) is 91.0 Å². The molecule has 1 amide bonds. The summed E-state index contributed by atoms with van der Waals surface area (Å²) in [6.45, 7) is 0. The molecular formula is C24H18BrN3O3S2. The number of phenols is 1. The number of aromatic hydroxyl groups is 1. The van der Waals surface area contributed by atoms with Crippen LogP contribution in [0.4, 0.5) is 17.1 Å². The SMILES string of the molecule is COc1ccc2c(c1)N(C)/C(=C1/SC(=Nc3ccc(Br)cc3)N(c3ccc(O)cc3)C1=O)S2. The van der Waals surface area contributed by atoms with Crippen molar-refractivity contribution in [2.75, 3.05) is 24.0 Å². The number of thioether (sulfide) groups is 2. The third-order valence-electron chi connectivity index (χ3n) is 5.17. The van der Waals surface area contributed by atoms with Gasteiger partial charge in [-0.1, -0.05) is 27.7 Å². The Morgan fingerprint density at radius 2 is 1.73 bits per heavy atom. The molecule has 1 fully saturated rings. The van der Waals surface area contributed by atoms with Crippen LogP contribution in [-0.4, -0.2) is 30.3 Å². The molecule has 0 aromatic heterocycles. The van der Waals surface area contributed by atoms with E-state index in [2.05, 4.69) is 15.9 Å². The number of amides is 1. The molecule has 9 heteroatoms. The predicted octanol–water partition coefficient (Wildman–Crippen LogP) is 6.34. The molecule has 1 saturated heterocycles. The second kappa shape index (κ2) is 8.81. The maximum absolute atomic E-state index is 13.7. The van der Waals surface area contributed by atoms with Gasteiger partial charge in [0.05, 0.1) is 29.2 Å².